The summed E-state index contributed by atoms with van der Waals surface area (Å²) in [5, 5.41) is 3.62. The van der Waals surface area contributed by atoms with Crippen molar-refractivity contribution in [3.8, 4) is 5.69 Å². The summed E-state index contributed by atoms with van der Waals surface area (Å²) in [7, 11) is 4.27. The largest absolute Gasteiger partial charge is 0.418 e. The van der Waals surface area contributed by atoms with Crippen molar-refractivity contribution in [2.45, 2.75) is 86.9 Å². The Labute approximate surface area is 267 Å². The molecule has 9 nitrogen and oxygen atoms in total. The summed E-state index contributed by atoms with van der Waals surface area (Å²) >= 11 is 0. The third kappa shape index (κ3) is 5.12. The number of benzene rings is 1. The van der Waals surface area contributed by atoms with Crippen LogP contribution in [0.1, 0.15) is 61.6 Å². The number of imidazole rings is 1. The van der Waals surface area contributed by atoms with Crippen molar-refractivity contribution in [3.05, 3.63) is 69.9 Å². The first-order chi connectivity index (χ1) is 22.0. The zero-order valence-corrected chi connectivity index (χ0v) is 26.6. The molecule has 46 heavy (non-hydrogen) atoms. The van der Waals surface area contributed by atoms with E-state index in [9.17, 15) is 18.0 Å². The number of alkyl halides is 3. The molecule has 1 spiro atoms. The van der Waals surface area contributed by atoms with Crippen LogP contribution in [-0.2, 0) is 22.7 Å². The number of hydrazine groups is 1. The van der Waals surface area contributed by atoms with E-state index in [0.29, 0.717) is 36.9 Å². The Balaban J connectivity index is 1.10. The van der Waals surface area contributed by atoms with Gasteiger partial charge in [0.2, 0.25) is 0 Å². The highest BCUT2D eigenvalue weighted by molar-refractivity contribution is 5.58. The predicted molar refractivity (Wildman–Crippen MR) is 169 cm³/mol. The van der Waals surface area contributed by atoms with Gasteiger partial charge in [-0.2, -0.15) is 13.2 Å². The molecule has 5 aliphatic rings. The minimum Gasteiger partial charge on any atom is -0.379 e. The first kappa shape index (κ1) is 30.6. The first-order valence-electron chi connectivity index (χ1n) is 16.8. The number of nitrogens with zero attached hydrogens (tertiary/aromatic N) is 4. The van der Waals surface area contributed by atoms with Gasteiger partial charge in [0.15, 0.2) is 0 Å². The highest BCUT2D eigenvalue weighted by Gasteiger charge is 2.50. The summed E-state index contributed by atoms with van der Waals surface area (Å²) < 4.78 is 51.8. The summed E-state index contributed by atoms with van der Waals surface area (Å²) in [4.78, 5) is 18.6. The predicted octanol–water partition coefficient (Wildman–Crippen LogP) is 3.63. The van der Waals surface area contributed by atoms with Gasteiger partial charge < -0.3 is 15.0 Å². The molecule has 4 aliphatic heterocycles. The van der Waals surface area contributed by atoms with Gasteiger partial charge in [0, 0.05) is 43.0 Å². The second-order valence-corrected chi connectivity index (χ2v) is 14.7. The number of fused-ring (bicyclic) bond motifs is 3. The molecule has 1 aliphatic carbocycles. The van der Waals surface area contributed by atoms with E-state index in [1.54, 1.807) is 12.3 Å². The number of hydrogen-bond donors (Lipinski definition) is 3. The van der Waals surface area contributed by atoms with Gasteiger partial charge >= 0.3 is 11.9 Å². The van der Waals surface area contributed by atoms with Crippen LogP contribution in [0.5, 0.6) is 0 Å². The lowest BCUT2D eigenvalue weighted by Crippen LogP contribution is -2.55. The maximum atomic E-state index is 14.5. The normalized spacial score (nSPS) is 29.5. The topological polar surface area (TPSA) is 78.2 Å². The molecule has 8 rings (SSSR count). The lowest BCUT2D eigenvalue weighted by atomic mass is 9.74. The van der Waals surface area contributed by atoms with E-state index in [0.717, 1.165) is 44.3 Å². The van der Waals surface area contributed by atoms with Gasteiger partial charge in [-0.1, -0.05) is 31.4 Å². The molecular weight excluding hydrogens is 595 g/mol. The Morgan fingerprint density at radius 3 is 2.59 bits per heavy atom. The summed E-state index contributed by atoms with van der Waals surface area (Å²) in [6.45, 7) is 2.92. The fourth-order valence-electron chi connectivity index (χ4n) is 9.06. The van der Waals surface area contributed by atoms with E-state index in [1.807, 2.05) is 18.2 Å². The average Bonchev–Trinajstić information content (AvgIpc) is 3.60. The van der Waals surface area contributed by atoms with E-state index in [4.69, 9.17) is 4.74 Å². The van der Waals surface area contributed by atoms with Gasteiger partial charge in [0.25, 0.3) is 0 Å². The summed E-state index contributed by atoms with van der Waals surface area (Å²) in [5.41, 5.74) is 7.57. The molecule has 6 heterocycles. The van der Waals surface area contributed by atoms with Crippen molar-refractivity contribution >= 4 is 5.52 Å². The van der Waals surface area contributed by atoms with Gasteiger partial charge in [-0.25, -0.2) is 15.6 Å². The number of aromatic nitrogens is 2. The third-order valence-corrected chi connectivity index (χ3v) is 11.6. The molecular formula is C34H44F3N7O2. The minimum atomic E-state index is -4.59. The van der Waals surface area contributed by atoms with Crippen molar-refractivity contribution < 1.29 is 17.9 Å². The molecule has 1 aromatic carbocycles. The number of likely N-dealkylation sites (N-methyl/N-ethyl adjacent to an activating group) is 1. The Bertz CT molecular complexity index is 1680. The van der Waals surface area contributed by atoms with Crippen molar-refractivity contribution in [1.29, 1.82) is 0 Å². The fourth-order valence-corrected chi connectivity index (χ4v) is 9.06. The number of nitrogens with one attached hydrogen (secondary N) is 3. The molecule has 5 fully saturated rings. The van der Waals surface area contributed by atoms with Gasteiger partial charge in [0.05, 0.1) is 41.8 Å². The second-order valence-electron chi connectivity index (χ2n) is 14.7. The SMILES string of the molecule is CN1CC2CC(Cc3cc(C(F)(F)F)c4cn(-c5cccc(C6(CC7NNC8(CCCCC8)N7C)COC6)c5)c(=O)n4c3)C(C1)N2. The van der Waals surface area contributed by atoms with Crippen LogP contribution in [0.2, 0.25) is 0 Å². The molecule has 3 aromatic rings. The van der Waals surface area contributed by atoms with Crippen LogP contribution in [0.25, 0.3) is 11.2 Å². The van der Waals surface area contributed by atoms with Crippen molar-refractivity contribution in [3.63, 3.8) is 0 Å². The number of pyridine rings is 1. The fraction of sp³-hybridized carbons (Fsp3) is 0.618. The lowest BCUT2D eigenvalue weighted by Gasteiger charge is -2.46. The highest BCUT2D eigenvalue weighted by atomic mass is 19.4. The highest BCUT2D eigenvalue weighted by Crippen LogP contribution is 2.42. The zero-order valence-electron chi connectivity index (χ0n) is 26.6. The Morgan fingerprint density at radius 2 is 1.85 bits per heavy atom. The van der Waals surface area contributed by atoms with Crippen LogP contribution in [0.15, 0.2) is 47.5 Å². The van der Waals surface area contributed by atoms with Crippen LogP contribution in [-0.4, -0.2) is 83.1 Å². The zero-order chi connectivity index (χ0) is 31.8. The first-order valence-corrected chi connectivity index (χ1v) is 16.8. The second kappa shape index (κ2) is 11.2. The molecule has 248 valence electrons. The van der Waals surface area contributed by atoms with Crippen LogP contribution < -0.4 is 21.9 Å². The summed E-state index contributed by atoms with van der Waals surface area (Å²) in [6.07, 6.45) is 6.60. The van der Waals surface area contributed by atoms with Crippen LogP contribution in [0.3, 0.4) is 0 Å². The monoisotopic (exact) mass is 639 g/mol. The molecule has 1 saturated carbocycles. The lowest BCUT2D eigenvalue weighted by molar-refractivity contribution is -0.136. The quantitative estimate of drug-likeness (QED) is 0.381. The van der Waals surface area contributed by atoms with E-state index < -0.39 is 17.4 Å². The molecule has 0 radical (unpaired) electrons. The Kier molecular flexibility index (Phi) is 7.43. The number of hydrogen-bond acceptors (Lipinski definition) is 7. The van der Waals surface area contributed by atoms with Crippen molar-refractivity contribution in [1.82, 2.24) is 34.9 Å². The van der Waals surface area contributed by atoms with Gasteiger partial charge in [0.1, 0.15) is 0 Å². The summed E-state index contributed by atoms with van der Waals surface area (Å²) in [6, 6.07) is 9.54. The number of rotatable bonds is 6. The Morgan fingerprint density at radius 1 is 1.04 bits per heavy atom. The Hall–Kier alpha value is -2.74. The van der Waals surface area contributed by atoms with E-state index in [-0.39, 0.29) is 34.7 Å². The van der Waals surface area contributed by atoms with Crippen molar-refractivity contribution in [2.24, 2.45) is 5.92 Å². The molecule has 2 aromatic heterocycles. The molecule has 4 saturated heterocycles. The maximum Gasteiger partial charge on any atom is 0.418 e. The van der Waals surface area contributed by atoms with Crippen LogP contribution in [0.4, 0.5) is 13.2 Å². The van der Waals surface area contributed by atoms with E-state index in [1.165, 1.54) is 40.5 Å². The number of halogens is 3. The van der Waals surface area contributed by atoms with Crippen molar-refractivity contribution in [2.75, 3.05) is 40.4 Å². The standard InChI is InChI=1S/C34H44F3N7O2/c1-41-17-25-13-23(28(18-41)38-25)11-22-12-27(34(35,36)37)29-19-43(31(45)44(29)16-22)26-8-6-7-24(14-26)32(20-46-21-32)15-30-39-40-33(42(30)2)9-4-3-5-10-33/h6-8,12,14,16,19,23,25,28,30,38-40H,3-5,9-11,13,15,17-18,20-21H2,1-2H3. The van der Waals surface area contributed by atoms with Gasteiger partial charge in [-0.05, 0) is 81.4 Å². The smallest absolute Gasteiger partial charge is 0.379 e. The van der Waals surface area contributed by atoms with Crippen LogP contribution >= 0.6 is 0 Å². The van der Waals surface area contributed by atoms with Gasteiger partial charge in [-0.3, -0.25) is 13.9 Å². The molecule has 4 unspecified atom stereocenters. The van der Waals surface area contributed by atoms with E-state index >= 15 is 0 Å². The molecule has 2 bridgehead atoms. The molecule has 12 heteroatoms. The average molecular weight is 640 g/mol. The minimum absolute atomic E-state index is 0.0328. The maximum absolute atomic E-state index is 14.5. The number of likely N-dealkylation sites (tertiary alicyclic amines) is 1. The van der Waals surface area contributed by atoms with Crippen LogP contribution in [0, 0.1) is 5.92 Å². The number of ether oxygens (including phenoxy) is 1. The summed E-state index contributed by atoms with van der Waals surface area (Å²) in [5.74, 6) is 0.223. The third-order valence-electron chi connectivity index (χ3n) is 11.6. The molecule has 3 N–H and O–H groups in total. The molecule has 0 amide bonds. The van der Waals surface area contributed by atoms with Gasteiger partial charge in [-0.15, -0.1) is 0 Å². The molecule has 4 atom stereocenters. The van der Waals surface area contributed by atoms with E-state index in [2.05, 4.69) is 40.1 Å². The number of piperazine rings is 1.